The third kappa shape index (κ3) is 5.11. The van der Waals surface area contributed by atoms with Gasteiger partial charge >= 0.3 is 0 Å². The summed E-state index contributed by atoms with van der Waals surface area (Å²) >= 11 is 0. The van der Waals surface area contributed by atoms with Crippen LogP contribution >= 0.6 is 0 Å². The van der Waals surface area contributed by atoms with Crippen LogP contribution in [0.25, 0.3) is 0 Å². The van der Waals surface area contributed by atoms with Gasteiger partial charge in [-0.25, -0.2) is 0 Å². The molecule has 0 bridgehead atoms. The highest BCUT2D eigenvalue weighted by molar-refractivity contribution is 5.35. The number of hydrogen-bond donors (Lipinski definition) is 0. The lowest BCUT2D eigenvalue weighted by Crippen LogP contribution is -2.17. The lowest BCUT2D eigenvalue weighted by molar-refractivity contribution is 0.112. The van der Waals surface area contributed by atoms with Crippen LogP contribution in [0.15, 0.2) is 24.0 Å². The molecule has 3 nitrogen and oxygen atoms in total. The predicted octanol–water partition coefficient (Wildman–Crippen LogP) is 5.24. The van der Waals surface area contributed by atoms with E-state index in [1.807, 2.05) is 6.08 Å². The fraction of sp³-hybridized carbons (Fsp3) is 0.579. The zero-order chi connectivity index (χ0) is 17.4. The normalized spacial score (nSPS) is 17.2. The molecule has 1 unspecified atom stereocenters. The minimum absolute atomic E-state index is 0.103. The number of rotatable bonds is 9. The molecule has 0 aromatic heterocycles. The van der Waals surface area contributed by atoms with Crippen molar-refractivity contribution in [2.75, 3.05) is 19.8 Å². The van der Waals surface area contributed by atoms with Crippen LogP contribution < -0.4 is 9.47 Å². The fourth-order valence-electron chi connectivity index (χ4n) is 2.68. The van der Waals surface area contributed by atoms with Crippen LogP contribution in [0.2, 0.25) is 0 Å². The summed E-state index contributed by atoms with van der Waals surface area (Å²) in [4.78, 5) is 0. The number of benzene rings is 1. The molecule has 1 aliphatic heterocycles. The van der Waals surface area contributed by atoms with E-state index in [0.717, 1.165) is 12.8 Å². The Bertz CT molecular complexity index is 558. The summed E-state index contributed by atoms with van der Waals surface area (Å²) in [5, 5.41) is 0. The second-order valence-electron chi connectivity index (χ2n) is 5.99. The van der Waals surface area contributed by atoms with Crippen LogP contribution in [0.3, 0.4) is 0 Å². The molecule has 0 N–H and O–H groups in total. The maximum Gasteiger partial charge on any atom is 0.204 e. The summed E-state index contributed by atoms with van der Waals surface area (Å²) < 4.78 is 43.8. The maximum atomic E-state index is 13.9. The van der Waals surface area contributed by atoms with Crippen molar-refractivity contribution in [1.82, 2.24) is 0 Å². The molecule has 1 aromatic rings. The van der Waals surface area contributed by atoms with Gasteiger partial charge in [-0.2, -0.15) is 8.78 Å². The van der Waals surface area contributed by atoms with E-state index in [1.165, 1.54) is 31.4 Å². The first-order valence-electron chi connectivity index (χ1n) is 8.71. The van der Waals surface area contributed by atoms with Crippen molar-refractivity contribution in [1.29, 1.82) is 0 Å². The number of hydrogen-bond acceptors (Lipinski definition) is 3. The Morgan fingerprint density at radius 3 is 2.38 bits per heavy atom. The van der Waals surface area contributed by atoms with Crippen LogP contribution in [0, 0.1) is 17.6 Å². The van der Waals surface area contributed by atoms with E-state index in [0.29, 0.717) is 18.3 Å². The van der Waals surface area contributed by atoms with Crippen LogP contribution in [-0.4, -0.2) is 19.8 Å². The highest BCUT2D eigenvalue weighted by Crippen LogP contribution is 2.28. The molecule has 1 atom stereocenters. The third-order valence-corrected chi connectivity index (χ3v) is 4.08. The topological polar surface area (TPSA) is 27.7 Å². The molecule has 0 saturated heterocycles. The number of halogens is 2. The Balaban J connectivity index is 1.85. The van der Waals surface area contributed by atoms with E-state index >= 15 is 0 Å². The van der Waals surface area contributed by atoms with E-state index in [9.17, 15) is 8.78 Å². The van der Waals surface area contributed by atoms with Crippen LogP contribution in [0.4, 0.5) is 8.78 Å². The molecule has 2 rings (SSSR count). The molecule has 0 spiro atoms. The smallest absolute Gasteiger partial charge is 0.204 e. The van der Waals surface area contributed by atoms with Crippen LogP contribution in [0.5, 0.6) is 11.5 Å². The molecule has 24 heavy (non-hydrogen) atoms. The molecule has 0 saturated carbocycles. The van der Waals surface area contributed by atoms with Gasteiger partial charge in [0.05, 0.1) is 13.2 Å². The van der Waals surface area contributed by atoms with Crippen molar-refractivity contribution in [3.05, 3.63) is 35.6 Å². The molecule has 1 heterocycles. The van der Waals surface area contributed by atoms with Gasteiger partial charge < -0.3 is 14.2 Å². The standard InChI is InChI=1S/C19H26F2O3/c1-3-5-6-7-14-8-9-15(23-12-14)13-24-17-11-10-16(22-4-2)18(20)19(17)21/h9-11,14H,3-8,12-13H2,1-2H3. The summed E-state index contributed by atoms with van der Waals surface area (Å²) in [5.41, 5.74) is 0. The van der Waals surface area contributed by atoms with Gasteiger partial charge in [0.2, 0.25) is 11.6 Å². The average Bonchev–Trinajstić information content (AvgIpc) is 2.60. The van der Waals surface area contributed by atoms with Crippen molar-refractivity contribution in [2.24, 2.45) is 5.92 Å². The van der Waals surface area contributed by atoms with Gasteiger partial charge in [-0.3, -0.25) is 0 Å². The predicted molar refractivity (Wildman–Crippen MR) is 89.3 cm³/mol. The third-order valence-electron chi connectivity index (χ3n) is 4.08. The Morgan fingerprint density at radius 2 is 1.79 bits per heavy atom. The quantitative estimate of drug-likeness (QED) is 0.575. The van der Waals surface area contributed by atoms with Crippen molar-refractivity contribution < 1.29 is 23.0 Å². The molecular weight excluding hydrogens is 314 g/mol. The van der Waals surface area contributed by atoms with Crippen LogP contribution in [-0.2, 0) is 4.74 Å². The molecule has 1 aromatic carbocycles. The fourth-order valence-corrected chi connectivity index (χ4v) is 2.68. The molecule has 0 fully saturated rings. The number of unbranched alkanes of at least 4 members (excludes halogenated alkanes) is 2. The molecule has 1 aliphatic rings. The summed E-state index contributed by atoms with van der Waals surface area (Å²) in [6.45, 7) is 4.95. The minimum Gasteiger partial charge on any atom is -0.494 e. The highest BCUT2D eigenvalue weighted by atomic mass is 19.2. The second-order valence-corrected chi connectivity index (χ2v) is 5.99. The molecule has 134 valence electrons. The summed E-state index contributed by atoms with van der Waals surface area (Å²) in [5.74, 6) is -1.08. The zero-order valence-corrected chi connectivity index (χ0v) is 14.4. The van der Waals surface area contributed by atoms with E-state index < -0.39 is 11.6 Å². The van der Waals surface area contributed by atoms with Gasteiger partial charge in [0.25, 0.3) is 0 Å². The van der Waals surface area contributed by atoms with E-state index in [-0.39, 0.29) is 24.7 Å². The van der Waals surface area contributed by atoms with E-state index in [4.69, 9.17) is 14.2 Å². The summed E-state index contributed by atoms with van der Waals surface area (Å²) in [6, 6.07) is 2.75. The first-order valence-corrected chi connectivity index (χ1v) is 8.71. The second kappa shape index (κ2) is 9.50. The van der Waals surface area contributed by atoms with Gasteiger partial charge in [0.15, 0.2) is 11.5 Å². The Hall–Kier alpha value is -1.78. The first-order chi connectivity index (χ1) is 11.7. The molecule has 0 aliphatic carbocycles. The highest BCUT2D eigenvalue weighted by Gasteiger charge is 2.18. The van der Waals surface area contributed by atoms with Crippen molar-refractivity contribution in [2.45, 2.75) is 46.0 Å². The lowest BCUT2D eigenvalue weighted by Gasteiger charge is -2.23. The monoisotopic (exact) mass is 340 g/mol. The van der Waals surface area contributed by atoms with Gasteiger partial charge in [0, 0.05) is 0 Å². The zero-order valence-electron chi connectivity index (χ0n) is 14.4. The number of ether oxygens (including phenoxy) is 3. The van der Waals surface area contributed by atoms with Crippen LogP contribution in [0.1, 0.15) is 46.0 Å². The Labute approximate surface area is 142 Å². The Kier molecular flexibility index (Phi) is 7.35. The molecule has 5 heteroatoms. The summed E-state index contributed by atoms with van der Waals surface area (Å²) in [7, 11) is 0. The van der Waals surface area contributed by atoms with Crippen molar-refractivity contribution in [3.8, 4) is 11.5 Å². The van der Waals surface area contributed by atoms with E-state index in [2.05, 4.69) is 6.92 Å². The van der Waals surface area contributed by atoms with E-state index in [1.54, 1.807) is 6.92 Å². The minimum atomic E-state index is -1.03. The van der Waals surface area contributed by atoms with Crippen molar-refractivity contribution in [3.63, 3.8) is 0 Å². The van der Waals surface area contributed by atoms with Crippen molar-refractivity contribution >= 4 is 0 Å². The van der Waals surface area contributed by atoms with Gasteiger partial charge in [-0.1, -0.05) is 26.2 Å². The molecule has 0 radical (unpaired) electrons. The number of allylic oxidation sites excluding steroid dienone is 1. The first kappa shape index (κ1) is 18.6. The molecule has 0 amide bonds. The lowest BCUT2D eigenvalue weighted by atomic mass is 9.97. The SMILES string of the molecule is CCCCCC1CC=C(COc2ccc(OCC)c(F)c2F)OC1. The van der Waals surface area contributed by atoms with Gasteiger partial charge in [0.1, 0.15) is 12.4 Å². The largest absolute Gasteiger partial charge is 0.494 e. The van der Waals surface area contributed by atoms with Gasteiger partial charge in [-0.05, 0) is 43.9 Å². The Morgan fingerprint density at radius 1 is 1.08 bits per heavy atom. The maximum absolute atomic E-state index is 13.9. The summed E-state index contributed by atoms with van der Waals surface area (Å²) in [6.07, 6.45) is 7.79. The molecular formula is C19H26F2O3. The van der Waals surface area contributed by atoms with Gasteiger partial charge in [-0.15, -0.1) is 0 Å². The average molecular weight is 340 g/mol.